The molecule has 8 amide bonds. The molecular formula is C35H50N8O13. The number of phenolic OH excluding ortho intramolecular Hbond substituents is 1. The van der Waals surface area contributed by atoms with E-state index in [0.29, 0.717) is 5.56 Å². The fraction of sp³-hybridized carbons (Fsp3) is 0.600. The van der Waals surface area contributed by atoms with Crippen LogP contribution in [0.15, 0.2) is 24.3 Å². The quantitative estimate of drug-likeness (QED) is 0.104. The first-order chi connectivity index (χ1) is 26.5. The van der Waals surface area contributed by atoms with E-state index < -0.39 is 128 Å². The number of hydrogen-bond acceptors (Lipinski definition) is 13. The lowest BCUT2D eigenvalue weighted by Gasteiger charge is -2.32. The molecule has 0 spiro atoms. The molecule has 0 radical (unpaired) electrons. The molecule has 3 fully saturated rings. The van der Waals surface area contributed by atoms with E-state index in [1.165, 1.54) is 24.3 Å². The Morgan fingerprint density at radius 1 is 0.911 bits per heavy atom. The van der Waals surface area contributed by atoms with Crippen molar-refractivity contribution in [1.29, 1.82) is 0 Å². The van der Waals surface area contributed by atoms with Crippen molar-refractivity contribution < 1.29 is 63.9 Å². The van der Waals surface area contributed by atoms with E-state index in [1.54, 1.807) is 6.92 Å². The largest absolute Gasteiger partial charge is 0.508 e. The second-order valence-electron chi connectivity index (χ2n) is 14.2. The number of aliphatic hydroxyl groups excluding tert-OH is 4. The average Bonchev–Trinajstić information content (AvgIpc) is 3.75. The van der Waals surface area contributed by atoms with Crippen molar-refractivity contribution in [2.24, 2.45) is 5.73 Å². The first-order valence-electron chi connectivity index (χ1n) is 18.3. The molecule has 4 rings (SSSR count). The maximum Gasteiger partial charge on any atom is 0.245 e. The normalized spacial score (nSPS) is 30.5. The SMILES string of the molecule is CC[C@@H]1NC(=O)[C@@H](NC=O)C[C@@H](O)CNC(=O)C2[C@@H](O)CCN2C(=O)C(CCC(N)=O)NC(=O)C([C@H](O)Cc2ccc(O)cc2)NC(=O)C2C[C@@H](O)CN2C1=O. The molecule has 1 aromatic carbocycles. The Morgan fingerprint density at radius 3 is 2.21 bits per heavy atom. The number of amides is 8. The summed E-state index contributed by atoms with van der Waals surface area (Å²) in [4.78, 5) is 108. The number of nitrogens with zero attached hydrogens (tertiary/aromatic N) is 2. The van der Waals surface area contributed by atoms with E-state index in [4.69, 9.17) is 5.73 Å². The Labute approximate surface area is 321 Å². The lowest BCUT2D eigenvalue weighted by Crippen LogP contribution is -2.62. The van der Waals surface area contributed by atoms with Crippen LogP contribution in [0.4, 0.5) is 0 Å². The fourth-order valence-electron chi connectivity index (χ4n) is 7.05. The van der Waals surface area contributed by atoms with Gasteiger partial charge in [0.2, 0.25) is 47.8 Å². The van der Waals surface area contributed by atoms with Crippen LogP contribution in [0, 0.1) is 0 Å². The molecule has 0 aromatic heterocycles. The van der Waals surface area contributed by atoms with Crippen LogP contribution in [0.2, 0.25) is 0 Å². The molecule has 0 bridgehead atoms. The molecule has 3 saturated heterocycles. The van der Waals surface area contributed by atoms with Gasteiger partial charge in [-0.3, -0.25) is 38.4 Å². The number of carbonyl (C=O) groups excluding carboxylic acids is 8. The van der Waals surface area contributed by atoms with Crippen molar-refractivity contribution >= 4 is 47.8 Å². The van der Waals surface area contributed by atoms with Crippen LogP contribution in [0.1, 0.15) is 51.0 Å². The van der Waals surface area contributed by atoms with Gasteiger partial charge in [0.1, 0.15) is 42.0 Å². The Morgan fingerprint density at radius 2 is 1.57 bits per heavy atom. The monoisotopic (exact) mass is 790 g/mol. The topological polar surface area (TPSA) is 330 Å². The van der Waals surface area contributed by atoms with E-state index in [9.17, 15) is 63.9 Å². The summed E-state index contributed by atoms with van der Waals surface area (Å²) in [5, 5.41) is 65.3. The summed E-state index contributed by atoms with van der Waals surface area (Å²) >= 11 is 0. The standard InChI is InChI=1S/C35H50N8O13/c1-2-21-34(55)43-15-20(47)13-24(43)31(52)41-28(26(49)11-17-3-5-18(45)6-4-17)32(53)40-22(7-8-27(36)50)35(56)42-10-9-25(48)29(42)33(54)37-14-19(46)12-23(38-16-44)30(51)39-21/h3-6,16,19-26,28-29,45-49H,2,7-15H2,1H3,(H2,36,50)(H,37,54)(H,38,44)(H,39,51)(H,40,53)(H,41,52)/t19-,20-,21+,22?,23+,24?,25+,26-,28?,29?/m1/s1. The minimum absolute atomic E-state index is 0.0186. The number of β-amino-alcohol motifs (C(OH)–C–C–N with tert-alkyl or cyclic N) is 1. The third-order valence-electron chi connectivity index (χ3n) is 10.1. The summed E-state index contributed by atoms with van der Waals surface area (Å²) in [7, 11) is 0. The first kappa shape index (κ1) is 43.3. The van der Waals surface area contributed by atoms with Crippen molar-refractivity contribution in [3.8, 4) is 5.75 Å². The third kappa shape index (κ3) is 10.9. The van der Waals surface area contributed by atoms with Gasteiger partial charge in [0.15, 0.2) is 0 Å². The fourth-order valence-corrected chi connectivity index (χ4v) is 7.05. The number of hydrogen-bond donors (Lipinski definition) is 11. The molecule has 1 aromatic rings. The van der Waals surface area contributed by atoms with Crippen LogP contribution < -0.4 is 32.3 Å². The predicted molar refractivity (Wildman–Crippen MR) is 191 cm³/mol. The highest BCUT2D eigenvalue weighted by molar-refractivity contribution is 5.97. The number of rotatable bonds is 9. The van der Waals surface area contributed by atoms with E-state index >= 15 is 0 Å². The van der Waals surface area contributed by atoms with Crippen molar-refractivity contribution in [1.82, 2.24) is 36.4 Å². The van der Waals surface area contributed by atoms with E-state index in [0.717, 1.165) is 9.80 Å². The second-order valence-corrected chi connectivity index (χ2v) is 14.2. The zero-order valence-corrected chi connectivity index (χ0v) is 30.7. The number of aromatic hydroxyl groups is 1. The molecule has 3 aliphatic rings. The smallest absolute Gasteiger partial charge is 0.245 e. The van der Waals surface area contributed by atoms with Gasteiger partial charge in [0.25, 0.3) is 0 Å². The highest BCUT2D eigenvalue weighted by atomic mass is 16.3. The highest BCUT2D eigenvalue weighted by Gasteiger charge is 2.46. The number of benzene rings is 1. The highest BCUT2D eigenvalue weighted by Crippen LogP contribution is 2.23. The lowest BCUT2D eigenvalue weighted by atomic mass is 9.99. The average molecular weight is 791 g/mol. The van der Waals surface area contributed by atoms with Crippen LogP contribution in [-0.2, 0) is 44.8 Å². The summed E-state index contributed by atoms with van der Waals surface area (Å²) in [6.07, 6.45) is -7.53. The molecule has 21 nitrogen and oxygen atoms in total. The summed E-state index contributed by atoms with van der Waals surface area (Å²) in [6, 6.07) is -3.51. The Bertz CT molecular complexity index is 1630. The molecule has 56 heavy (non-hydrogen) atoms. The zero-order valence-electron chi connectivity index (χ0n) is 30.7. The number of fused-ring (bicyclic) bond motifs is 2. The van der Waals surface area contributed by atoms with E-state index in [1.807, 2.05) is 0 Å². The van der Waals surface area contributed by atoms with Crippen molar-refractivity contribution in [3.05, 3.63) is 29.8 Å². The number of primary amides is 1. The molecule has 0 aliphatic carbocycles. The number of nitrogens with one attached hydrogen (secondary N) is 5. The van der Waals surface area contributed by atoms with Gasteiger partial charge < -0.3 is 67.7 Å². The molecule has 10 atom stereocenters. The van der Waals surface area contributed by atoms with Gasteiger partial charge in [-0.05, 0) is 37.0 Å². The van der Waals surface area contributed by atoms with Crippen LogP contribution in [0.5, 0.6) is 5.75 Å². The maximum absolute atomic E-state index is 14.1. The van der Waals surface area contributed by atoms with Gasteiger partial charge in [-0.25, -0.2) is 0 Å². The minimum Gasteiger partial charge on any atom is -0.508 e. The van der Waals surface area contributed by atoms with Crippen molar-refractivity contribution in [3.63, 3.8) is 0 Å². The summed E-state index contributed by atoms with van der Waals surface area (Å²) in [6.45, 7) is 0.519. The Kier molecular flexibility index (Phi) is 15.1. The summed E-state index contributed by atoms with van der Waals surface area (Å²) in [5.41, 5.74) is 5.78. The first-order valence-corrected chi connectivity index (χ1v) is 18.3. The van der Waals surface area contributed by atoms with Crippen molar-refractivity contribution in [2.75, 3.05) is 19.6 Å². The molecule has 308 valence electrons. The minimum atomic E-state index is -1.84. The van der Waals surface area contributed by atoms with Crippen LogP contribution >= 0.6 is 0 Å². The zero-order chi connectivity index (χ0) is 41.3. The predicted octanol–water partition coefficient (Wildman–Crippen LogP) is -5.66. The molecule has 0 saturated carbocycles. The molecule has 12 N–H and O–H groups in total. The number of phenols is 1. The summed E-state index contributed by atoms with van der Waals surface area (Å²) in [5.74, 6) is -6.57. The van der Waals surface area contributed by atoms with Crippen LogP contribution in [0.3, 0.4) is 0 Å². The number of carbonyl (C=O) groups is 8. The maximum atomic E-state index is 14.1. The summed E-state index contributed by atoms with van der Waals surface area (Å²) < 4.78 is 0. The van der Waals surface area contributed by atoms with Crippen LogP contribution in [-0.4, -0.2) is 163 Å². The Balaban J connectivity index is 1.76. The van der Waals surface area contributed by atoms with Gasteiger partial charge >= 0.3 is 0 Å². The molecule has 21 heteroatoms. The van der Waals surface area contributed by atoms with Gasteiger partial charge in [0.05, 0.1) is 24.4 Å². The van der Waals surface area contributed by atoms with Crippen molar-refractivity contribution in [2.45, 2.75) is 113 Å². The van der Waals surface area contributed by atoms with Gasteiger partial charge in [-0.2, -0.15) is 0 Å². The van der Waals surface area contributed by atoms with E-state index in [2.05, 4.69) is 26.6 Å². The number of aliphatic hydroxyl groups is 4. The van der Waals surface area contributed by atoms with E-state index in [-0.39, 0.29) is 50.9 Å². The van der Waals surface area contributed by atoms with Gasteiger partial charge in [-0.15, -0.1) is 0 Å². The Hall–Kier alpha value is -5.38. The second kappa shape index (κ2) is 19.5. The molecule has 4 unspecified atom stereocenters. The van der Waals surface area contributed by atoms with Gasteiger partial charge in [0, 0.05) is 45.3 Å². The molecule has 3 heterocycles. The lowest BCUT2D eigenvalue weighted by molar-refractivity contribution is -0.145. The third-order valence-corrected chi connectivity index (χ3v) is 10.1. The van der Waals surface area contributed by atoms with Gasteiger partial charge in [-0.1, -0.05) is 19.1 Å². The number of nitrogens with two attached hydrogens (primary N) is 1. The molecular weight excluding hydrogens is 740 g/mol. The molecule has 3 aliphatic heterocycles. The van der Waals surface area contributed by atoms with Crippen LogP contribution in [0.25, 0.3) is 0 Å².